The number of nitrogens with zero attached hydrogens (tertiary/aromatic N) is 3. The summed E-state index contributed by atoms with van der Waals surface area (Å²) < 4.78 is 46.8. The Balaban J connectivity index is 1.31. The molecular formula is C23H20N4O5S. The molecule has 168 valence electrons. The van der Waals surface area contributed by atoms with Crippen LogP contribution in [-0.4, -0.2) is 36.2 Å². The van der Waals surface area contributed by atoms with Gasteiger partial charge in [0.25, 0.3) is 10.0 Å². The topological polar surface area (TPSA) is 105 Å². The van der Waals surface area contributed by atoms with Crippen LogP contribution in [0.5, 0.6) is 23.1 Å². The molecule has 0 bridgehead atoms. The fraction of sp³-hybridized carbons (Fsp3) is 0.130. The second-order valence-electron chi connectivity index (χ2n) is 7.24. The minimum Gasteiger partial charge on any atom is -0.486 e. The number of fused-ring (bicyclic) bond motifs is 1. The van der Waals surface area contributed by atoms with E-state index in [1.807, 2.05) is 29.1 Å². The summed E-state index contributed by atoms with van der Waals surface area (Å²) >= 11 is 0. The Morgan fingerprint density at radius 1 is 0.939 bits per heavy atom. The van der Waals surface area contributed by atoms with Gasteiger partial charge in [-0.3, -0.25) is 4.72 Å². The van der Waals surface area contributed by atoms with Crippen molar-refractivity contribution in [1.29, 1.82) is 0 Å². The first-order valence-corrected chi connectivity index (χ1v) is 11.6. The van der Waals surface area contributed by atoms with Crippen LogP contribution in [0.1, 0.15) is 5.82 Å². The molecule has 1 aliphatic rings. The number of nitrogens with one attached hydrogen (secondary N) is 1. The molecule has 1 N–H and O–H groups in total. The molecule has 33 heavy (non-hydrogen) atoms. The maximum atomic E-state index is 12.8. The molecule has 0 unspecified atom stereocenters. The molecule has 10 heteroatoms. The summed E-state index contributed by atoms with van der Waals surface area (Å²) in [4.78, 5) is 8.81. The zero-order valence-electron chi connectivity index (χ0n) is 17.6. The van der Waals surface area contributed by atoms with E-state index in [9.17, 15) is 8.42 Å². The Morgan fingerprint density at radius 2 is 1.67 bits per heavy atom. The van der Waals surface area contributed by atoms with Gasteiger partial charge in [-0.2, -0.15) is 4.98 Å². The van der Waals surface area contributed by atoms with Gasteiger partial charge in [0, 0.05) is 30.2 Å². The SMILES string of the molecule is Cc1nc(Oc2ccc(NS(=O)(=O)c3ccc4c(c3)OCCO4)cc2)cc(-n2cccc2)n1. The fourth-order valence-electron chi connectivity index (χ4n) is 3.31. The average molecular weight is 465 g/mol. The number of aryl methyl sites for hydroxylation is 1. The third-order valence-corrected chi connectivity index (χ3v) is 6.20. The molecule has 0 fully saturated rings. The van der Waals surface area contributed by atoms with Crippen molar-refractivity contribution < 1.29 is 22.6 Å². The van der Waals surface area contributed by atoms with Crippen molar-refractivity contribution in [3.8, 4) is 28.9 Å². The average Bonchev–Trinajstić information content (AvgIpc) is 3.35. The molecule has 0 aliphatic carbocycles. The van der Waals surface area contributed by atoms with E-state index in [-0.39, 0.29) is 4.90 Å². The lowest BCUT2D eigenvalue weighted by molar-refractivity contribution is 0.171. The van der Waals surface area contributed by atoms with Gasteiger partial charge in [0.05, 0.1) is 4.90 Å². The highest BCUT2D eigenvalue weighted by atomic mass is 32.2. The summed E-state index contributed by atoms with van der Waals surface area (Å²) in [5.74, 6) is 3.09. The Kier molecular flexibility index (Phi) is 5.35. The number of ether oxygens (including phenoxy) is 3. The van der Waals surface area contributed by atoms with Gasteiger partial charge < -0.3 is 18.8 Å². The van der Waals surface area contributed by atoms with E-state index in [1.54, 1.807) is 43.3 Å². The molecule has 0 radical (unpaired) electrons. The van der Waals surface area contributed by atoms with Crippen LogP contribution in [0, 0.1) is 6.92 Å². The lowest BCUT2D eigenvalue weighted by Crippen LogP contribution is -2.17. The van der Waals surface area contributed by atoms with Crippen LogP contribution in [-0.2, 0) is 10.0 Å². The zero-order valence-corrected chi connectivity index (χ0v) is 18.5. The van der Waals surface area contributed by atoms with E-state index < -0.39 is 10.0 Å². The van der Waals surface area contributed by atoms with E-state index in [0.29, 0.717) is 53.7 Å². The van der Waals surface area contributed by atoms with Crippen molar-refractivity contribution in [3.05, 3.63) is 78.9 Å². The Bertz CT molecular complexity index is 1390. The third-order valence-electron chi connectivity index (χ3n) is 4.82. The largest absolute Gasteiger partial charge is 0.486 e. The van der Waals surface area contributed by atoms with Crippen molar-refractivity contribution in [3.63, 3.8) is 0 Å². The third kappa shape index (κ3) is 4.60. The normalized spacial score (nSPS) is 12.9. The molecule has 5 rings (SSSR count). The lowest BCUT2D eigenvalue weighted by atomic mass is 10.3. The monoisotopic (exact) mass is 464 g/mol. The van der Waals surface area contributed by atoms with Gasteiger partial charge in [-0.05, 0) is 55.5 Å². The van der Waals surface area contributed by atoms with Crippen LogP contribution < -0.4 is 18.9 Å². The number of anilines is 1. The number of benzene rings is 2. The van der Waals surface area contributed by atoms with Crippen LogP contribution in [0.25, 0.3) is 5.82 Å². The van der Waals surface area contributed by atoms with Gasteiger partial charge in [0.2, 0.25) is 5.88 Å². The van der Waals surface area contributed by atoms with Gasteiger partial charge in [-0.15, -0.1) is 0 Å². The van der Waals surface area contributed by atoms with E-state index in [1.165, 1.54) is 12.1 Å². The van der Waals surface area contributed by atoms with Crippen LogP contribution in [0.3, 0.4) is 0 Å². The Labute approximate surface area is 190 Å². The molecule has 4 aromatic rings. The highest BCUT2D eigenvalue weighted by Gasteiger charge is 2.19. The summed E-state index contributed by atoms with van der Waals surface area (Å²) in [5.41, 5.74) is 0.393. The van der Waals surface area contributed by atoms with Crippen LogP contribution in [0.4, 0.5) is 5.69 Å². The first-order chi connectivity index (χ1) is 16.0. The molecule has 0 saturated carbocycles. The van der Waals surface area contributed by atoms with Crippen molar-refractivity contribution >= 4 is 15.7 Å². The van der Waals surface area contributed by atoms with E-state index >= 15 is 0 Å². The first-order valence-electron chi connectivity index (χ1n) is 10.2. The number of sulfonamides is 1. The minimum atomic E-state index is -3.80. The highest BCUT2D eigenvalue weighted by molar-refractivity contribution is 7.92. The van der Waals surface area contributed by atoms with Gasteiger partial charge >= 0.3 is 0 Å². The summed E-state index contributed by atoms with van der Waals surface area (Å²) in [6.45, 7) is 2.60. The van der Waals surface area contributed by atoms with Crippen LogP contribution in [0.2, 0.25) is 0 Å². The molecule has 0 spiro atoms. The first kappa shape index (κ1) is 20.8. The van der Waals surface area contributed by atoms with E-state index in [0.717, 1.165) is 0 Å². The molecule has 0 amide bonds. The maximum Gasteiger partial charge on any atom is 0.262 e. The molecule has 3 heterocycles. The van der Waals surface area contributed by atoms with Crippen molar-refractivity contribution in [2.75, 3.05) is 17.9 Å². The predicted octanol–water partition coefficient (Wildman–Crippen LogP) is 3.94. The predicted molar refractivity (Wildman–Crippen MR) is 121 cm³/mol. The minimum absolute atomic E-state index is 0.0843. The molecule has 2 aromatic heterocycles. The molecule has 1 aliphatic heterocycles. The summed E-state index contributed by atoms with van der Waals surface area (Å²) in [7, 11) is -3.80. The lowest BCUT2D eigenvalue weighted by Gasteiger charge is -2.19. The molecule has 9 nitrogen and oxygen atoms in total. The highest BCUT2D eigenvalue weighted by Crippen LogP contribution is 2.33. The molecule has 0 saturated heterocycles. The van der Waals surface area contributed by atoms with Crippen molar-refractivity contribution in [2.45, 2.75) is 11.8 Å². The molecular weight excluding hydrogens is 444 g/mol. The molecule has 0 atom stereocenters. The van der Waals surface area contributed by atoms with E-state index in [4.69, 9.17) is 14.2 Å². The number of hydrogen-bond acceptors (Lipinski definition) is 7. The Morgan fingerprint density at radius 3 is 2.42 bits per heavy atom. The van der Waals surface area contributed by atoms with E-state index in [2.05, 4.69) is 14.7 Å². The smallest absolute Gasteiger partial charge is 0.262 e. The van der Waals surface area contributed by atoms with Crippen molar-refractivity contribution in [2.24, 2.45) is 0 Å². The number of hydrogen-bond donors (Lipinski definition) is 1. The fourth-order valence-corrected chi connectivity index (χ4v) is 4.39. The summed E-state index contributed by atoms with van der Waals surface area (Å²) in [6.07, 6.45) is 3.77. The second kappa shape index (κ2) is 8.47. The van der Waals surface area contributed by atoms with Crippen LogP contribution >= 0.6 is 0 Å². The zero-order chi connectivity index (χ0) is 22.8. The maximum absolute atomic E-state index is 12.8. The number of rotatable bonds is 6. The van der Waals surface area contributed by atoms with Gasteiger partial charge in [-0.1, -0.05) is 0 Å². The van der Waals surface area contributed by atoms with Gasteiger partial charge in [0.15, 0.2) is 11.5 Å². The van der Waals surface area contributed by atoms with Gasteiger partial charge in [-0.25, -0.2) is 13.4 Å². The molecule has 2 aromatic carbocycles. The second-order valence-corrected chi connectivity index (χ2v) is 8.92. The van der Waals surface area contributed by atoms with Crippen molar-refractivity contribution in [1.82, 2.24) is 14.5 Å². The summed E-state index contributed by atoms with van der Waals surface area (Å²) in [5, 5.41) is 0. The Hall–Kier alpha value is -4.05. The van der Waals surface area contributed by atoms with Gasteiger partial charge in [0.1, 0.15) is 30.6 Å². The summed E-state index contributed by atoms with van der Waals surface area (Å²) in [6, 6.07) is 16.6. The quantitative estimate of drug-likeness (QED) is 0.461. The van der Waals surface area contributed by atoms with Crippen LogP contribution in [0.15, 0.2) is 78.0 Å². The number of aromatic nitrogens is 3. The standard InChI is InChI=1S/C23H20N4O5S/c1-16-24-22(27-10-2-3-11-27)15-23(25-16)32-18-6-4-17(5-7-18)26-33(28,29)19-8-9-20-21(14-19)31-13-12-30-20/h2-11,14-15,26H,12-13H2,1H3.